The van der Waals surface area contributed by atoms with E-state index in [1.54, 1.807) is 11.8 Å². The number of nitrogens with zero attached hydrogens (tertiary/aromatic N) is 2. The van der Waals surface area contributed by atoms with Gasteiger partial charge in [0.25, 0.3) is 5.91 Å². The Hall–Kier alpha value is -2.30. The monoisotopic (exact) mass is 301 g/mol. The lowest BCUT2D eigenvalue weighted by Gasteiger charge is -2.11. The molecule has 1 unspecified atom stereocenters. The summed E-state index contributed by atoms with van der Waals surface area (Å²) in [5, 5.41) is 7.51. The number of ether oxygens (including phenoxy) is 1. The van der Waals surface area contributed by atoms with Gasteiger partial charge < -0.3 is 10.1 Å². The minimum absolute atomic E-state index is 0.0801. The van der Waals surface area contributed by atoms with E-state index in [1.165, 1.54) is 0 Å². The fraction of sp³-hybridized carbons (Fsp3) is 0.412. The van der Waals surface area contributed by atoms with Crippen molar-refractivity contribution >= 4 is 5.91 Å². The number of aromatic nitrogens is 2. The van der Waals surface area contributed by atoms with Gasteiger partial charge in [-0.25, -0.2) is 0 Å². The number of benzene rings is 1. The number of amides is 1. The number of carbonyl (C=O) groups is 1. The highest BCUT2D eigenvalue weighted by atomic mass is 16.5. The number of aryl methyl sites for hydroxylation is 1. The summed E-state index contributed by atoms with van der Waals surface area (Å²) in [4.78, 5) is 12.3. The number of hydrogen-bond donors (Lipinski definition) is 1. The lowest BCUT2D eigenvalue weighted by molar-refractivity contribution is 0.0928. The van der Waals surface area contributed by atoms with Crippen LogP contribution in [0.3, 0.4) is 0 Å². The van der Waals surface area contributed by atoms with Crippen LogP contribution >= 0.6 is 0 Å². The third-order valence-corrected chi connectivity index (χ3v) is 3.69. The molecule has 0 spiro atoms. The Labute approximate surface area is 131 Å². The maximum absolute atomic E-state index is 12.3. The molecule has 1 heterocycles. The predicted octanol–water partition coefficient (Wildman–Crippen LogP) is 3.11. The van der Waals surface area contributed by atoms with E-state index in [9.17, 15) is 4.79 Å². The molecule has 1 N–H and O–H groups in total. The minimum Gasteiger partial charge on any atom is -0.497 e. The number of rotatable bonds is 6. The summed E-state index contributed by atoms with van der Waals surface area (Å²) in [6.07, 6.45) is 0.900. The largest absolute Gasteiger partial charge is 0.497 e. The van der Waals surface area contributed by atoms with E-state index < -0.39 is 0 Å². The van der Waals surface area contributed by atoms with Crippen molar-refractivity contribution in [1.29, 1.82) is 0 Å². The molecule has 5 nitrogen and oxygen atoms in total. The molecule has 0 aliphatic heterocycles. The first-order chi connectivity index (χ1) is 10.6. The van der Waals surface area contributed by atoms with Crippen molar-refractivity contribution < 1.29 is 9.53 Å². The second-order valence-corrected chi connectivity index (χ2v) is 5.24. The van der Waals surface area contributed by atoms with Crippen LogP contribution in [0.2, 0.25) is 0 Å². The first kappa shape index (κ1) is 16.1. The highest BCUT2D eigenvalue weighted by Crippen LogP contribution is 2.22. The van der Waals surface area contributed by atoms with Crippen molar-refractivity contribution in [3.05, 3.63) is 36.0 Å². The molecule has 0 saturated heterocycles. The summed E-state index contributed by atoms with van der Waals surface area (Å²) in [5.74, 6) is 0.719. The number of carbonyl (C=O) groups excluding carboxylic acids is 1. The van der Waals surface area contributed by atoms with Crippen molar-refractivity contribution in [3.8, 4) is 17.0 Å². The van der Waals surface area contributed by atoms with E-state index in [-0.39, 0.29) is 11.9 Å². The van der Waals surface area contributed by atoms with Crippen LogP contribution < -0.4 is 10.1 Å². The quantitative estimate of drug-likeness (QED) is 0.892. The maximum atomic E-state index is 12.3. The van der Waals surface area contributed by atoms with Gasteiger partial charge in [0.05, 0.1) is 12.8 Å². The van der Waals surface area contributed by atoms with Crippen LogP contribution in [0.25, 0.3) is 11.3 Å². The SMILES string of the molecule is CCC(C)NC(=O)c1cc(-c2ccc(OC)cc2)nn1CC. The number of hydrogen-bond acceptors (Lipinski definition) is 3. The summed E-state index contributed by atoms with van der Waals surface area (Å²) < 4.78 is 6.89. The molecular weight excluding hydrogens is 278 g/mol. The lowest BCUT2D eigenvalue weighted by atomic mass is 10.1. The molecule has 0 aliphatic carbocycles. The van der Waals surface area contributed by atoms with Gasteiger partial charge in [-0.05, 0) is 50.6 Å². The Bertz CT molecular complexity index is 632. The van der Waals surface area contributed by atoms with E-state index in [1.807, 2.05) is 51.1 Å². The van der Waals surface area contributed by atoms with Gasteiger partial charge in [-0.2, -0.15) is 5.10 Å². The van der Waals surface area contributed by atoms with Crippen LogP contribution in [0.5, 0.6) is 5.75 Å². The first-order valence-electron chi connectivity index (χ1n) is 7.62. The normalized spacial score (nSPS) is 12.0. The molecule has 0 fully saturated rings. The average molecular weight is 301 g/mol. The zero-order valence-corrected chi connectivity index (χ0v) is 13.6. The Balaban J connectivity index is 2.29. The smallest absolute Gasteiger partial charge is 0.269 e. The van der Waals surface area contributed by atoms with Crippen LogP contribution in [0, 0.1) is 0 Å². The standard InChI is InChI=1S/C17H23N3O2/c1-5-12(3)18-17(21)16-11-15(19-20(16)6-2)13-7-9-14(22-4)10-8-13/h7-12H,5-6H2,1-4H3,(H,18,21). The molecule has 22 heavy (non-hydrogen) atoms. The Morgan fingerprint density at radius 1 is 1.32 bits per heavy atom. The average Bonchev–Trinajstić information content (AvgIpc) is 2.99. The van der Waals surface area contributed by atoms with Crippen molar-refractivity contribution in [3.63, 3.8) is 0 Å². The van der Waals surface area contributed by atoms with Gasteiger partial charge in [0.1, 0.15) is 11.4 Å². The van der Waals surface area contributed by atoms with Crippen molar-refractivity contribution in [1.82, 2.24) is 15.1 Å². The topological polar surface area (TPSA) is 56.1 Å². The molecular formula is C17H23N3O2. The number of nitrogens with one attached hydrogen (secondary N) is 1. The number of methoxy groups -OCH3 is 1. The van der Waals surface area contributed by atoms with Gasteiger partial charge >= 0.3 is 0 Å². The molecule has 2 aromatic rings. The highest BCUT2D eigenvalue weighted by molar-refractivity contribution is 5.93. The summed E-state index contributed by atoms with van der Waals surface area (Å²) in [7, 11) is 1.64. The van der Waals surface area contributed by atoms with Crippen LogP contribution in [0.15, 0.2) is 30.3 Å². The van der Waals surface area contributed by atoms with Crippen molar-refractivity contribution in [2.75, 3.05) is 7.11 Å². The van der Waals surface area contributed by atoms with Gasteiger partial charge in [-0.3, -0.25) is 9.48 Å². The molecule has 0 aliphatic rings. The molecule has 1 aromatic carbocycles. The van der Waals surface area contributed by atoms with Gasteiger partial charge in [-0.1, -0.05) is 6.92 Å². The third-order valence-electron chi connectivity index (χ3n) is 3.69. The van der Waals surface area contributed by atoms with Crippen LogP contribution in [-0.4, -0.2) is 28.8 Å². The summed E-state index contributed by atoms with van der Waals surface area (Å²) in [6, 6.07) is 9.65. The van der Waals surface area contributed by atoms with Crippen LogP contribution in [0.1, 0.15) is 37.7 Å². The van der Waals surface area contributed by atoms with E-state index in [2.05, 4.69) is 10.4 Å². The molecule has 1 atom stereocenters. The molecule has 0 bridgehead atoms. The van der Waals surface area contributed by atoms with Gasteiger partial charge in [0.2, 0.25) is 0 Å². The van der Waals surface area contributed by atoms with E-state index in [4.69, 9.17) is 4.74 Å². The Morgan fingerprint density at radius 3 is 2.55 bits per heavy atom. The van der Waals surface area contributed by atoms with Gasteiger partial charge in [0, 0.05) is 18.2 Å². The highest BCUT2D eigenvalue weighted by Gasteiger charge is 2.16. The molecule has 1 aromatic heterocycles. The predicted molar refractivity (Wildman–Crippen MR) is 87.1 cm³/mol. The van der Waals surface area contributed by atoms with E-state index >= 15 is 0 Å². The van der Waals surface area contributed by atoms with Crippen molar-refractivity contribution in [2.45, 2.75) is 39.8 Å². The van der Waals surface area contributed by atoms with Gasteiger partial charge in [0.15, 0.2) is 0 Å². The maximum Gasteiger partial charge on any atom is 0.269 e. The molecule has 1 amide bonds. The molecule has 0 radical (unpaired) electrons. The third kappa shape index (κ3) is 3.47. The van der Waals surface area contributed by atoms with Crippen LogP contribution in [0.4, 0.5) is 0 Å². The van der Waals surface area contributed by atoms with E-state index in [0.717, 1.165) is 23.4 Å². The molecule has 0 saturated carbocycles. The van der Waals surface area contributed by atoms with Crippen molar-refractivity contribution in [2.24, 2.45) is 0 Å². The second-order valence-electron chi connectivity index (χ2n) is 5.24. The zero-order chi connectivity index (χ0) is 16.1. The van der Waals surface area contributed by atoms with E-state index in [0.29, 0.717) is 12.2 Å². The fourth-order valence-electron chi connectivity index (χ4n) is 2.14. The molecule has 5 heteroatoms. The van der Waals surface area contributed by atoms with Crippen LogP contribution in [-0.2, 0) is 6.54 Å². The Morgan fingerprint density at radius 2 is 2.00 bits per heavy atom. The zero-order valence-electron chi connectivity index (χ0n) is 13.6. The fourth-order valence-corrected chi connectivity index (χ4v) is 2.14. The molecule has 118 valence electrons. The Kier molecular flexibility index (Phi) is 5.20. The second kappa shape index (κ2) is 7.11. The summed E-state index contributed by atoms with van der Waals surface area (Å²) >= 11 is 0. The van der Waals surface area contributed by atoms with Gasteiger partial charge in [-0.15, -0.1) is 0 Å². The lowest BCUT2D eigenvalue weighted by Crippen LogP contribution is -2.33. The summed E-state index contributed by atoms with van der Waals surface area (Å²) in [5.41, 5.74) is 2.35. The minimum atomic E-state index is -0.0801. The first-order valence-corrected chi connectivity index (χ1v) is 7.62. The summed E-state index contributed by atoms with van der Waals surface area (Å²) in [6.45, 7) is 6.67. The molecule has 2 rings (SSSR count).